The summed E-state index contributed by atoms with van der Waals surface area (Å²) in [5, 5.41) is 0. The van der Waals surface area contributed by atoms with Crippen molar-refractivity contribution in [2.45, 2.75) is 19.7 Å². The molecule has 3 aromatic rings. The molecule has 0 saturated heterocycles. The van der Waals surface area contributed by atoms with E-state index in [1.165, 1.54) is 4.90 Å². The first-order valence-electron chi connectivity index (χ1n) is 8.52. The summed E-state index contributed by atoms with van der Waals surface area (Å²) in [6.45, 7) is 2.21. The summed E-state index contributed by atoms with van der Waals surface area (Å²) in [4.78, 5) is 9.33. The lowest BCUT2D eigenvalue weighted by atomic mass is 10.2. The number of benzene rings is 2. The van der Waals surface area contributed by atoms with Crippen molar-refractivity contribution in [2.75, 3.05) is 11.4 Å². The van der Waals surface area contributed by atoms with E-state index in [4.69, 9.17) is 4.74 Å². The SMILES string of the molecule is CCN(c1cccc(Br)c1)c1nc(OCc2ccccc2)ncc1C(F)(F)F. The third-order valence-corrected chi connectivity index (χ3v) is 4.45. The Morgan fingerprint density at radius 2 is 1.82 bits per heavy atom. The molecule has 0 spiro atoms. The first-order valence-corrected chi connectivity index (χ1v) is 9.32. The molecule has 0 unspecified atom stereocenters. The van der Waals surface area contributed by atoms with Crippen molar-refractivity contribution in [1.82, 2.24) is 9.97 Å². The molecule has 28 heavy (non-hydrogen) atoms. The smallest absolute Gasteiger partial charge is 0.421 e. The van der Waals surface area contributed by atoms with Gasteiger partial charge in [0.2, 0.25) is 0 Å². The van der Waals surface area contributed by atoms with Crippen molar-refractivity contribution in [1.29, 1.82) is 0 Å². The molecule has 0 aliphatic rings. The van der Waals surface area contributed by atoms with Gasteiger partial charge >= 0.3 is 12.2 Å². The fraction of sp³-hybridized carbons (Fsp3) is 0.200. The lowest BCUT2D eigenvalue weighted by molar-refractivity contribution is -0.137. The fourth-order valence-corrected chi connectivity index (χ4v) is 3.04. The van der Waals surface area contributed by atoms with E-state index in [0.717, 1.165) is 16.2 Å². The lowest BCUT2D eigenvalue weighted by Gasteiger charge is -2.25. The van der Waals surface area contributed by atoms with Crippen molar-refractivity contribution >= 4 is 27.4 Å². The van der Waals surface area contributed by atoms with Crippen molar-refractivity contribution in [3.63, 3.8) is 0 Å². The molecule has 0 amide bonds. The summed E-state index contributed by atoms with van der Waals surface area (Å²) in [5.41, 5.74) is 0.531. The number of aromatic nitrogens is 2. The molecular formula is C20H17BrF3N3O. The van der Waals surface area contributed by atoms with Gasteiger partial charge in [0.25, 0.3) is 0 Å². The monoisotopic (exact) mass is 451 g/mol. The number of anilines is 2. The van der Waals surface area contributed by atoms with E-state index in [0.29, 0.717) is 5.69 Å². The summed E-state index contributed by atoms with van der Waals surface area (Å²) in [6.07, 6.45) is -3.82. The van der Waals surface area contributed by atoms with Crippen molar-refractivity contribution in [2.24, 2.45) is 0 Å². The van der Waals surface area contributed by atoms with Crippen LogP contribution >= 0.6 is 15.9 Å². The molecule has 3 rings (SSSR count). The van der Waals surface area contributed by atoms with Crippen molar-refractivity contribution < 1.29 is 17.9 Å². The molecule has 0 saturated carbocycles. The molecular weight excluding hydrogens is 435 g/mol. The van der Waals surface area contributed by atoms with E-state index >= 15 is 0 Å². The van der Waals surface area contributed by atoms with Gasteiger partial charge in [-0.25, -0.2) is 4.98 Å². The van der Waals surface area contributed by atoms with Crippen molar-refractivity contribution in [3.8, 4) is 6.01 Å². The van der Waals surface area contributed by atoms with E-state index in [-0.39, 0.29) is 25.0 Å². The highest BCUT2D eigenvalue weighted by atomic mass is 79.9. The van der Waals surface area contributed by atoms with Crippen molar-refractivity contribution in [3.05, 3.63) is 76.4 Å². The van der Waals surface area contributed by atoms with Gasteiger partial charge in [0, 0.05) is 22.9 Å². The predicted octanol–water partition coefficient (Wildman–Crippen LogP) is 5.99. The summed E-state index contributed by atoms with van der Waals surface area (Å²) < 4.78 is 47.0. The Balaban J connectivity index is 1.98. The maximum Gasteiger partial charge on any atom is 0.421 e. The average Bonchev–Trinajstić information content (AvgIpc) is 2.67. The number of hydrogen-bond donors (Lipinski definition) is 0. The molecule has 0 fully saturated rings. The van der Waals surface area contributed by atoms with Crippen LogP contribution in [0.25, 0.3) is 0 Å². The highest BCUT2D eigenvalue weighted by Crippen LogP contribution is 2.38. The first kappa shape index (κ1) is 20.1. The number of hydrogen-bond acceptors (Lipinski definition) is 4. The van der Waals surface area contributed by atoms with E-state index in [1.54, 1.807) is 31.2 Å². The highest BCUT2D eigenvalue weighted by Gasteiger charge is 2.37. The van der Waals surface area contributed by atoms with Gasteiger partial charge in [-0.15, -0.1) is 0 Å². The van der Waals surface area contributed by atoms with Gasteiger partial charge in [-0.05, 0) is 30.7 Å². The summed E-state index contributed by atoms with van der Waals surface area (Å²) in [5.74, 6) is -0.244. The number of halogens is 4. The topological polar surface area (TPSA) is 38.2 Å². The Labute approximate surface area is 169 Å². The molecule has 1 aromatic heterocycles. The minimum absolute atomic E-state index is 0.111. The molecule has 1 heterocycles. The zero-order chi connectivity index (χ0) is 20.1. The summed E-state index contributed by atoms with van der Waals surface area (Å²) >= 11 is 3.35. The molecule has 0 N–H and O–H groups in total. The second-order valence-corrected chi connectivity index (χ2v) is 6.80. The maximum atomic E-state index is 13.6. The van der Waals surface area contributed by atoms with E-state index < -0.39 is 11.7 Å². The Morgan fingerprint density at radius 3 is 2.46 bits per heavy atom. The molecule has 4 nitrogen and oxygen atoms in total. The van der Waals surface area contributed by atoms with Crippen LogP contribution in [-0.4, -0.2) is 16.5 Å². The van der Waals surface area contributed by atoms with Crippen LogP contribution in [-0.2, 0) is 12.8 Å². The standard InChI is InChI=1S/C20H17BrF3N3O/c1-2-27(16-10-6-9-15(21)11-16)18-17(20(22,23)24)12-25-19(26-18)28-13-14-7-4-3-5-8-14/h3-12H,2,13H2,1H3. The second kappa shape index (κ2) is 8.60. The molecule has 0 radical (unpaired) electrons. The van der Waals surface area contributed by atoms with Crippen LogP contribution in [0, 0.1) is 0 Å². The van der Waals surface area contributed by atoms with Gasteiger partial charge in [-0.1, -0.05) is 52.3 Å². The van der Waals surface area contributed by atoms with Gasteiger partial charge in [0.15, 0.2) is 5.82 Å². The normalized spacial score (nSPS) is 11.3. The summed E-state index contributed by atoms with van der Waals surface area (Å²) in [7, 11) is 0. The van der Waals surface area contributed by atoms with Gasteiger partial charge < -0.3 is 9.64 Å². The number of rotatable bonds is 6. The maximum absolute atomic E-state index is 13.6. The van der Waals surface area contributed by atoms with Crippen LogP contribution in [0.1, 0.15) is 18.1 Å². The minimum atomic E-state index is -4.59. The molecule has 8 heteroatoms. The minimum Gasteiger partial charge on any atom is -0.459 e. The molecule has 2 aromatic carbocycles. The van der Waals surface area contributed by atoms with Gasteiger partial charge in [-0.2, -0.15) is 18.2 Å². The molecule has 0 aliphatic heterocycles. The van der Waals surface area contributed by atoms with Gasteiger partial charge in [0.05, 0.1) is 0 Å². The average molecular weight is 452 g/mol. The fourth-order valence-electron chi connectivity index (χ4n) is 2.65. The quantitative estimate of drug-likeness (QED) is 0.460. The molecule has 0 aliphatic carbocycles. The van der Waals surface area contributed by atoms with Crippen LogP contribution in [0.2, 0.25) is 0 Å². The Morgan fingerprint density at radius 1 is 1.07 bits per heavy atom. The summed E-state index contributed by atoms with van der Waals surface area (Å²) in [6, 6.07) is 16.2. The zero-order valence-corrected chi connectivity index (χ0v) is 16.5. The van der Waals surface area contributed by atoms with E-state index in [9.17, 15) is 13.2 Å². The van der Waals surface area contributed by atoms with Gasteiger partial charge in [-0.3, -0.25) is 0 Å². The highest BCUT2D eigenvalue weighted by molar-refractivity contribution is 9.10. The van der Waals surface area contributed by atoms with Crippen LogP contribution in [0.3, 0.4) is 0 Å². The van der Waals surface area contributed by atoms with E-state index in [2.05, 4.69) is 25.9 Å². The first-order chi connectivity index (χ1) is 13.4. The van der Waals surface area contributed by atoms with Crippen LogP contribution in [0.5, 0.6) is 6.01 Å². The molecule has 146 valence electrons. The van der Waals surface area contributed by atoms with Crippen LogP contribution in [0.4, 0.5) is 24.7 Å². The van der Waals surface area contributed by atoms with Gasteiger partial charge in [0.1, 0.15) is 12.2 Å². The number of nitrogens with zero attached hydrogens (tertiary/aromatic N) is 3. The second-order valence-electron chi connectivity index (χ2n) is 5.89. The predicted molar refractivity (Wildman–Crippen MR) is 105 cm³/mol. The third-order valence-electron chi connectivity index (χ3n) is 3.95. The van der Waals surface area contributed by atoms with Crippen LogP contribution < -0.4 is 9.64 Å². The molecule has 0 bridgehead atoms. The Hall–Kier alpha value is -2.61. The number of alkyl halides is 3. The third kappa shape index (κ3) is 4.81. The lowest BCUT2D eigenvalue weighted by Crippen LogP contribution is -2.23. The largest absolute Gasteiger partial charge is 0.459 e. The Kier molecular flexibility index (Phi) is 6.18. The Bertz CT molecular complexity index is 935. The molecule has 0 atom stereocenters. The van der Waals surface area contributed by atoms with E-state index in [1.807, 2.05) is 30.3 Å². The number of ether oxygens (including phenoxy) is 1. The zero-order valence-electron chi connectivity index (χ0n) is 14.9. The van der Waals surface area contributed by atoms with Crippen LogP contribution in [0.15, 0.2) is 65.3 Å².